The van der Waals surface area contributed by atoms with E-state index in [0.717, 1.165) is 43.2 Å². The van der Waals surface area contributed by atoms with Gasteiger partial charge in [0, 0.05) is 37.4 Å². The summed E-state index contributed by atoms with van der Waals surface area (Å²) in [6, 6.07) is 7.07. The third-order valence-electron chi connectivity index (χ3n) is 6.92. The zero-order valence-corrected chi connectivity index (χ0v) is 18.6. The highest BCUT2D eigenvalue weighted by Gasteiger charge is 2.22. The second-order valence-corrected chi connectivity index (χ2v) is 8.98. The molecule has 5 heteroatoms. The number of piperidine rings is 1. The summed E-state index contributed by atoms with van der Waals surface area (Å²) < 4.78 is 22.2. The summed E-state index contributed by atoms with van der Waals surface area (Å²) >= 11 is 0. The maximum absolute atomic E-state index is 14.2. The topological polar surface area (TPSA) is 29.4 Å². The highest BCUT2D eigenvalue weighted by Crippen LogP contribution is 2.36. The maximum Gasteiger partial charge on any atom is 0.128 e. The molecule has 2 fully saturated rings. The van der Waals surface area contributed by atoms with Crippen LogP contribution in [-0.2, 0) is 13.1 Å². The van der Waals surface area contributed by atoms with Crippen molar-refractivity contribution in [3.05, 3.63) is 41.3 Å². The molecule has 2 aromatic rings. The van der Waals surface area contributed by atoms with E-state index in [1.165, 1.54) is 68.7 Å². The Morgan fingerprint density at radius 1 is 1.03 bits per heavy atom. The van der Waals surface area contributed by atoms with Crippen molar-refractivity contribution in [2.45, 2.75) is 71.4 Å². The molecule has 0 amide bonds. The maximum atomic E-state index is 14.2. The van der Waals surface area contributed by atoms with Gasteiger partial charge in [-0.15, -0.1) is 0 Å². The van der Waals surface area contributed by atoms with Gasteiger partial charge < -0.3 is 9.30 Å². The molecule has 0 spiro atoms. The van der Waals surface area contributed by atoms with Gasteiger partial charge in [-0.25, -0.2) is 9.40 Å². The number of halogens is 1. The summed E-state index contributed by atoms with van der Waals surface area (Å²) in [6.45, 7) is 6.27. The van der Waals surface area contributed by atoms with Gasteiger partial charge in [-0.3, -0.25) is 5.43 Å². The van der Waals surface area contributed by atoms with Gasteiger partial charge in [-0.1, -0.05) is 25.7 Å². The van der Waals surface area contributed by atoms with Crippen molar-refractivity contribution in [3.63, 3.8) is 0 Å². The number of ether oxygens (including phenoxy) is 1. The van der Waals surface area contributed by atoms with Gasteiger partial charge in [0.1, 0.15) is 11.6 Å². The molecule has 1 saturated heterocycles. The molecule has 1 aliphatic heterocycles. The first-order valence-electron chi connectivity index (χ1n) is 11.7. The highest BCUT2D eigenvalue weighted by molar-refractivity contribution is 5.69. The van der Waals surface area contributed by atoms with Crippen molar-refractivity contribution in [3.8, 4) is 17.0 Å². The van der Waals surface area contributed by atoms with E-state index in [1.807, 2.05) is 0 Å². The Hall–Kier alpha value is -1.85. The molecular formula is C25H36FN3O. The predicted octanol–water partition coefficient (Wildman–Crippen LogP) is 5.68. The Morgan fingerprint density at radius 3 is 2.50 bits per heavy atom. The minimum absolute atomic E-state index is 0.220. The summed E-state index contributed by atoms with van der Waals surface area (Å²) in [5.41, 5.74) is 8.12. The average Bonchev–Trinajstić information content (AvgIpc) is 3.09. The third-order valence-corrected chi connectivity index (χ3v) is 6.92. The lowest BCUT2D eigenvalue weighted by Crippen LogP contribution is -2.41. The second-order valence-electron chi connectivity index (χ2n) is 8.98. The van der Waals surface area contributed by atoms with E-state index in [1.54, 1.807) is 19.2 Å². The van der Waals surface area contributed by atoms with E-state index in [0.29, 0.717) is 5.92 Å². The lowest BCUT2D eigenvalue weighted by Gasteiger charge is -2.27. The van der Waals surface area contributed by atoms with Gasteiger partial charge in [0.25, 0.3) is 0 Å². The molecule has 1 aromatic carbocycles. The fourth-order valence-electron chi connectivity index (χ4n) is 5.10. The van der Waals surface area contributed by atoms with Crippen LogP contribution in [0.25, 0.3) is 11.3 Å². The van der Waals surface area contributed by atoms with Crippen molar-refractivity contribution in [1.29, 1.82) is 0 Å². The normalized spacial score (nSPS) is 18.6. The third kappa shape index (κ3) is 4.89. The van der Waals surface area contributed by atoms with Crippen molar-refractivity contribution < 1.29 is 9.13 Å². The molecule has 0 bridgehead atoms. The zero-order chi connectivity index (χ0) is 20.9. The van der Waals surface area contributed by atoms with Crippen molar-refractivity contribution >= 4 is 0 Å². The average molecular weight is 414 g/mol. The molecule has 2 aliphatic rings. The Kier molecular flexibility index (Phi) is 7.11. The van der Waals surface area contributed by atoms with Gasteiger partial charge in [0.2, 0.25) is 0 Å². The highest BCUT2D eigenvalue weighted by atomic mass is 19.1. The molecule has 2 heterocycles. The largest absolute Gasteiger partial charge is 0.496 e. The molecule has 4 nitrogen and oxygen atoms in total. The first-order valence-corrected chi connectivity index (χ1v) is 11.7. The monoisotopic (exact) mass is 413 g/mol. The number of nitrogens with zero attached hydrogens (tertiary/aromatic N) is 2. The molecule has 0 radical (unpaired) electrons. The first-order chi connectivity index (χ1) is 14.7. The van der Waals surface area contributed by atoms with Crippen LogP contribution in [0.1, 0.15) is 62.6 Å². The molecule has 1 saturated carbocycles. The van der Waals surface area contributed by atoms with Gasteiger partial charge >= 0.3 is 0 Å². The number of nitrogens with one attached hydrogen (secondary N) is 1. The van der Waals surface area contributed by atoms with E-state index in [2.05, 4.69) is 28.0 Å². The second kappa shape index (κ2) is 9.97. The zero-order valence-electron chi connectivity index (χ0n) is 18.6. The van der Waals surface area contributed by atoms with Crippen LogP contribution in [-0.4, -0.2) is 29.8 Å². The fourth-order valence-corrected chi connectivity index (χ4v) is 5.10. The van der Waals surface area contributed by atoms with Crippen molar-refractivity contribution in [1.82, 2.24) is 15.0 Å². The lowest BCUT2D eigenvalue weighted by molar-refractivity contribution is 0.151. The van der Waals surface area contributed by atoms with Crippen LogP contribution in [0.15, 0.2) is 24.3 Å². The first kappa shape index (κ1) is 21.4. The molecule has 0 atom stereocenters. The Labute approximate surface area is 180 Å². The number of hydrogen-bond donors (Lipinski definition) is 1. The number of methoxy groups -OCH3 is 1. The van der Waals surface area contributed by atoms with E-state index in [9.17, 15) is 4.39 Å². The van der Waals surface area contributed by atoms with Crippen LogP contribution < -0.4 is 10.2 Å². The van der Waals surface area contributed by atoms with Gasteiger partial charge in [-0.2, -0.15) is 0 Å². The minimum atomic E-state index is -0.220. The van der Waals surface area contributed by atoms with Crippen molar-refractivity contribution in [2.75, 3.05) is 20.2 Å². The van der Waals surface area contributed by atoms with Crippen LogP contribution in [0, 0.1) is 18.7 Å². The van der Waals surface area contributed by atoms with Crippen LogP contribution in [0.3, 0.4) is 0 Å². The van der Waals surface area contributed by atoms with Crippen LogP contribution >= 0.6 is 0 Å². The molecule has 4 rings (SSSR count). The van der Waals surface area contributed by atoms with Gasteiger partial charge in [0.15, 0.2) is 0 Å². The quantitative estimate of drug-likeness (QED) is 0.633. The molecule has 164 valence electrons. The number of hydrazine groups is 1. The number of rotatable bonds is 7. The van der Waals surface area contributed by atoms with E-state index in [-0.39, 0.29) is 5.82 Å². The molecule has 0 unspecified atom stereocenters. The van der Waals surface area contributed by atoms with Gasteiger partial charge in [-0.05, 0) is 68.4 Å². The van der Waals surface area contributed by atoms with E-state index >= 15 is 0 Å². The SMILES string of the molecule is COc1ccc(F)cc1-c1cc(CNN2CCCCC2)c(C)n1CC1CCCCC1. The number of benzene rings is 1. The van der Waals surface area contributed by atoms with Crippen molar-refractivity contribution in [2.24, 2.45) is 5.92 Å². The van der Waals surface area contributed by atoms with Gasteiger partial charge in [0.05, 0.1) is 12.8 Å². The van der Waals surface area contributed by atoms with Crippen LogP contribution in [0.5, 0.6) is 5.75 Å². The smallest absolute Gasteiger partial charge is 0.128 e. The van der Waals surface area contributed by atoms with E-state index < -0.39 is 0 Å². The van der Waals surface area contributed by atoms with Crippen LogP contribution in [0.4, 0.5) is 4.39 Å². The summed E-state index contributed by atoms with van der Waals surface area (Å²) in [5, 5.41) is 2.35. The molecule has 1 N–H and O–H groups in total. The minimum Gasteiger partial charge on any atom is -0.496 e. The number of aromatic nitrogens is 1. The number of hydrogen-bond acceptors (Lipinski definition) is 3. The van der Waals surface area contributed by atoms with Crippen LogP contribution in [0.2, 0.25) is 0 Å². The molecule has 1 aromatic heterocycles. The molecule has 30 heavy (non-hydrogen) atoms. The summed E-state index contributed by atoms with van der Waals surface area (Å²) in [5.74, 6) is 1.21. The molecule has 1 aliphatic carbocycles. The fraction of sp³-hybridized carbons (Fsp3) is 0.600. The lowest BCUT2D eigenvalue weighted by atomic mass is 9.89. The Morgan fingerprint density at radius 2 is 1.77 bits per heavy atom. The Balaban J connectivity index is 1.64. The summed E-state index contributed by atoms with van der Waals surface area (Å²) in [4.78, 5) is 0. The summed E-state index contributed by atoms with van der Waals surface area (Å²) in [6.07, 6.45) is 10.5. The summed E-state index contributed by atoms with van der Waals surface area (Å²) in [7, 11) is 1.66. The Bertz CT molecular complexity index is 835. The molecular weight excluding hydrogens is 377 g/mol. The standard InChI is InChI=1S/C25H36FN3O/c1-19-21(17-27-28-13-7-4-8-14-28)15-24(23-16-22(26)11-12-25(23)30-2)29(19)18-20-9-5-3-6-10-20/h11-12,15-16,20,27H,3-10,13-14,17-18H2,1-2H3. The predicted molar refractivity (Wildman–Crippen MR) is 120 cm³/mol. The van der Waals surface area contributed by atoms with E-state index in [4.69, 9.17) is 4.74 Å².